The first-order chi connectivity index (χ1) is 21.0. The quantitative estimate of drug-likeness (QED) is 0.259. The number of benzene rings is 2. The fourth-order valence-corrected chi connectivity index (χ4v) is 6.25. The van der Waals surface area contributed by atoms with E-state index in [1.165, 1.54) is 0 Å². The molecule has 2 unspecified atom stereocenters. The molecule has 44 heavy (non-hydrogen) atoms. The number of nitrogens with one attached hydrogen (secondary N) is 3. The fourth-order valence-electron chi connectivity index (χ4n) is 6.25. The first-order valence-electron chi connectivity index (χ1n) is 15.7. The van der Waals surface area contributed by atoms with E-state index in [1.54, 1.807) is 0 Å². The SMILES string of the molecule is CCC1CC(Nc2cc(-c3ccc(CN4CCC(F)(F)CC4)cc3)cc(C(=O)NCc3c(C)cc(C)[nH]c3=O)c2C)CCO1. The maximum absolute atomic E-state index is 13.6. The van der Waals surface area contributed by atoms with Gasteiger partial charge < -0.3 is 20.4 Å². The van der Waals surface area contributed by atoms with Gasteiger partial charge in [0.05, 0.1) is 6.10 Å². The zero-order valence-electron chi connectivity index (χ0n) is 26.2. The number of aromatic nitrogens is 1. The fraction of sp³-hybridized carbons (Fsp3) is 0.486. The molecule has 5 rings (SSSR count). The number of pyridine rings is 1. The number of nitrogens with zero attached hydrogens (tertiary/aromatic N) is 1. The molecule has 3 N–H and O–H groups in total. The third-order valence-electron chi connectivity index (χ3n) is 9.04. The second-order valence-electron chi connectivity index (χ2n) is 12.4. The first kappa shape index (κ1) is 31.9. The highest BCUT2D eigenvalue weighted by atomic mass is 19.3. The highest BCUT2D eigenvalue weighted by Gasteiger charge is 2.33. The van der Waals surface area contributed by atoms with Crippen LogP contribution in [-0.2, 0) is 17.8 Å². The van der Waals surface area contributed by atoms with Crippen molar-refractivity contribution in [2.45, 2.75) is 91.0 Å². The van der Waals surface area contributed by atoms with E-state index in [4.69, 9.17) is 4.74 Å². The Balaban J connectivity index is 1.39. The summed E-state index contributed by atoms with van der Waals surface area (Å²) in [5, 5.41) is 6.68. The molecule has 2 saturated heterocycles. The molecule has 3 aromatic rings. The van der Waals surface area contributed by atoms with Gasteiger partial charge in [-0.05, 0) is 86.1 Å². The van der Waals surface area contributed by atoms with Crippen LogP contribution in [-0.4, -0.2) is 53.6 Å². The minimum Gasteiger partial charge on any atom is -0.382 e. The number of H-pyrrole nitrogens is 1. The van der Waals surface area contributed by atoms with Crippen LogP contribution in [0.1, 0.15) is 77.3 Å². The third kappa shape index (κ3) is 7.74. The van der Waals surface area contributed by atoms with Crippen LogP contribution < -0.4 is 16.2 Å². The predicted molar refractivity (Wildman–Crippen MR) is 170 cm³/mol. The van der Waals surface area contributed by atoms with E-state index < -0.39 is 5.92 Å². The summed E-state index contributed by atoms with van der Waals surface area (Å²) in [7, 11) is 0. The van der Waals surface area contributed by atoms with E-state index in [0.717, 1.165) is 58.5 Å². The smallest absolute Gasteiger partial charge is 0.253 e. The van der Waals surface area contributed by atoms with Gasteiger partial charge in [0.2, 0.25) is 0 Å². The average Bonchev–Trinajstić information content (AvgIpc) is 2.99. The number of aryl methyl sites for hydroxylation is 2. The lowest BCUT2D eigenvalue weighted by Crippen LogP contribution is -2.38. The number of ether oxygens (including phenoxy) is 1. The Bertz CT molecular complexity index is 1530. The molecular formula is C35H44F2N4O3. The zero-order chi connectivity index (χ0) is 31.4. The normalized spacial score (nSPS) is 20.3. The number of halogens is 2. The number of carbonyl (C=O) groups is 1. The predicted octanol–water partition coefficient (Wildman–Crippen LogP) is 6.50. The van der Waals surface area contributed by atoms with Crippen LogP contribution in [0.15, 0.2) is 47.3 Å². The molecular weight excluding hydrogens is 562 g/mol. The number of aromatic amines is 1. The largest absolute Gasteiger partial charge is 0.382 e. The number of likely N-dealkylation sites (tertiary alicyclic amines) is 1. The van der Waals surface area contributed by atoms with Crippen LogP contribution in [0.2, 0.25) is 0 Å². The highest BCUT2D eigenvalue weighted by molar-refractivity contribution is 5.98. The van der Waals surface area contributed by atoms with Crippen LogP contribution in [0, 0.1) is 20.8 Å². The molecule has 0 radical (unpaired) electrons. The highest BCUT2D eigenvalue weighted by Crippen LogP contribution is 2.32. The van der Waals surface area contributed by atoms with E-state index in [2.05, 4.69) is 33.5 Å². The van der Waals surface area contributed by atoms with Gasteiger partial charge in [0.1, 0.15) is 0 Å². The average molecular weight is 607 g/mol. The lowest BCUT2D eigenvalue weighted by Gasteiger charge is -2.31. The van der Waals surface area contributed by atoms with Crippen molar-refractivity contribution in [2.75, 3.05) is 25.0 Å². The molecule has 236 valence electrons. The van der Waals surface area contributed by atoms with Crippen molar-refractivity contribution < 1.29 is 18.3 Å². The molecule has 7 nitrogen and oxygen atoms in total. The standard InChI is InChI=1S/C35H44F2N4O3/c1-5-29-19-28(10-15-44-29)40-32-18-27(26-8-6-25(7-9-26)21-41-13-11-35(36,37)12-14-41)17-30(24(32)4)33(42)38-20-31-22(2)16-23(3)39-34(31)43/h6-9,16-18,28-29,40H,5,10-15,19-21H2,1-4H3,(H,38,42)(H,39,43). The van der Waals surface area contributed by atoms with Crippen molar-refractivity contribution in [1.82, 2.24) is 15.2 Å². The molecule has 2 fully saturated rings. The van der Waals surface area contributed by atoms with Crippen LogP contribution in [0.4, 0.5) is 14.5 Å². The molecule has 2 aromatic carbocycles. The van der Waals surface area contributed by atoms with Crippen molar-refractivity contribution >= 4 is 11.6 Å². The lowest BCUT2D eigenvalue weighted by atomic mass is 9.95. The zero-order valence-corrected chi connectivity index (χ0v) is 26.2. The molecule has 2 atom stereocenters. The van der Waals surface area contributed by atoms with Crippen molar-refractivity contribution in [3.05, 3.63) is 86.3 Å². The van der Waals surface area contributed by atoms with E-state index in [1.807, 2.05) is 57.2 Å². The minimum absolute atomic E-state index is 0.0982. The van der Waals surface area contributed by atoms with Crippen molar-refractivity contribution in [3.8, 4) is 11.1 Å². The van der Waals surface area contributed by atoms with Gasteiger partial charge >= 0.3 is 0 Å². The minimum atomic E-state index is -2.56. The summed E-state index contributed by atoms with van der Waals surface area (Å²) in [6.45, 7) is 10.0. The second kappa shape index (κ2) is 13.6. The van der Waals surface area contributed by atoms with E-state index in [9.17, 15) is 18.4 Å². The molecule has 0 saturated carbocycles. The summed E-state index contributed by atoms with van der Waals surface area (Å²) < 4.78 is 33.1. The molecule has 1 amide bonds. The van der Waals surface area contributed by atoms with Gasteiger partial charge in [0.25, 0.3) is 17.4 Å². The topological polar surface area (TPSA) is 86.5 Å². The summed E-state index contributed by atoms with van der Waals surface area (Å²) in [5.74, 6) is -2.80. The van der Waals surface area contributed by atoms with Gasteiger partial charge in [0, 0.05) is 74.2 Å². The van der Waals surface area contributed by atoms with Crippen molar-refractivity contribution in [2.24, 2.45) is 0 Å². The number of anilines is 1. The Labute approximate surface area is 258 Å². The van der Waals surface area contributed by atoms with Crippen LogP contribution in [0.3, 0.4) is 0 Å². The van der Waals surface area contributed by atoms with Crippen molar-refractivity contribution in [3.63, 3.8) is 0 Å². The summed E-state index contributed by atoms with van der Waals surface area (Å²) in [4.78, 5) is 31.1. The number of amides is 1. The molecule has 2 aliphatic heterocycles. The molecule has 0 aliphatic carbocycles. The molecule has 1 aromatic heterocycles. The summed E-state index contributed by atoms with van der Waals surface area (Å²) >= 11 is 0. The Morgan fingerprint density at radius 1 is 1.07 bits per heavy atom. The van der Waals surface area contributed by atoms with E-state index in [-0.39, 0.29) is 43.0 Å². The number of hydrogen-bond donors (Lipinski definition) is 3. The van der Waals surface area contributed by atoms with Crippen molar-refractivity contribution in [1.29, 1.82) is 0 Å². The van der Waals surface area contributed by atoms with Gasteiger partial charge in [-0.25, -0.2) is 8.78 Å². The summed E-state index contributed by atoms with van der Waals surface area (Å²) in [6.07, 6.45) is 2.75. The number of piperidine rings is 1. The molecule has 3 heterocycles. The maximum atomic E-state index is 13.6. The molecule has 2 aliphatic rings. The van der Waals surface area contributed by atoms with Gasteiger partial charge in [-0.2, -0.15) is 0 Å². The Morgan fingerprint density at radius 3 is 2.48 bits per heavy atom. The number of rotatable bonds is 9. The Hall–Kier alpha value is -3.56. The van der Waals surface area contributed by atoms with E-state index >= 15 is 0 Å². The molecule has 0 bridgehead atoms. The first-order valence-corrected chi connectivity index (χ1v) is 15.7. The monoisotopic (exact) mass is 606 g/mol. The Morgan fingerprint density at radius 2 is 1.80 bits per heavy atom. The maximum Gasteiger partial charge on any atom is 0.253 e. The second-order valence-corrected chi connectivity index (χ2v) is 12.4. The summed E-state index contributed by atoms with van der Waals surface area (Å²) in [5.41, 5.74) is 7.17. The Kier molecular flexibility index (Phi) is 9.85. The van der Waals surface area contributed by atoms with E-state index in [0.29, 0.717) is 37.4 Å². The van der Waals surface area contributed by atoms with Gasteiger partial charge in [0.15, 0.2) is 0 Å². The van der Waals surface area contributed by atoms with Gasteiger partial charge in [-0.1, -0.05) is 31.2 Å². The van der Waals surface area contributed by atoms with Crippen LogP contribution in [0.5, 0.6) is 0 Å². The van der Waals surface area contributed by atoms with Gasteiger partial charge in [-0.3, -0.25) is 14.5 Å². The van der Waals surface area contributed by atoms with Gasteiger partial charge in [-0.15, -0.1) is 0 Å². The van der Waals surface area contributed by atoms with Crippen LogP contribution in [0.25, 0.3) is 11.1 Å². The molecule has 0 spiro atoms. The molecule has 9 heteroatoms. The van der Waals surface area contributed by atoms with Crippen LogP contribution >= 0.6 is 0 Å². The summed E-state index contributed by atoms with van der Waals surface area (Å²) in [6, 6.07) is 14.3. The number of hydrogen-bond acceptors (Lipinski definition) is 5. The lowest BCUT2D eigenvalue weighted by molar-refractivity contribution is -0.0566. The third-order valence-corrected chi connectivity index (χ3v) is 9.04. The number of alkyl halides is 2. The number of carbonyl (C=O) groups excluding carboxylic acids is 1.